The number of hydrogen-bond acceptors (Lipinski definition) is 2. The van der Waals surface area contributed by atoms with Crippen LogP contribution < -0.4 is 15.2 Å². The lowest BCUT2D eigenvalue weighted by Gasteiger charge is -2.32. The highest BCUT2D eigenvalue weighted by Crippen LogP contribution is 2.20. The summed E-state index contributed by atoms with van der Waals surface area (Å²) in [6.45, 7) is 12.6. The van der Waals surface area contributed by atoms with E-state index in [1.807, 2.05) is 0 Å². The summed E-state index contributed by atoms with van der Waals surface area (Å²) in [6, 6.07) is 6.95. The van der Waals surface area contributed by atoms with Crippen LogP contribution in [0, 0.1) is 6.92 Å². The molecule has 0 saturated carbocycles. The molecule has 1 fully saturated rings. The predicted molar refractivity (Wildman–Crippen MR) is 110 cm³/mol. The van der Waals surface area contributed by atoms with Crippen LogP contribution >= 0.6 is 0 Å². The Balaban J connectivity index is 2.01. The van der Waals surface area contributed by atoms with E-state index in [2.05, 4.69) is 55.8 Å². The quantitative estimate of drug-likeness (QED) is 0.835. The number of nitrogens with one attached hydrogen (secondary N) is 2. The van der Waals surface area contributed by atoms with Gasteiger partial charge in [0.05, 0.1) is 18.2 Å². The van der Waals surface area contributed by atoms with E-state index in [0.29, 0.717) is 6.04 Å². The van der Waals surface area contributed by atoms with Gasteiger partial charge in [-0.1, -0.05) is 6.92 Å². The largest absolute Gasteiger partial charge is 0.372 e. The fourth-order valence-corrected chi connectivity index (χ4v) is 4.54. The molecule has 3 rings (SSSR count). The van der Waals surface area contributed by atoms with E-state index in [1.54, 1.807) is 4.90 Å². The van der Waals surface area contributed by atoms with E-state index in [1.165, 1.54) is 32.2 Å². The molecule has 0 radical (unpaired) electrons. The number of pyridine rings is 1. The number of hydrogen-bond donors (Lipinski definition) is 2. The summed E-state index contributed by atoms with van der Waals surface area (Å²) in [5.74, 6) is 0. The van der Waals surface area contributed by atoms with Gasteiger partial charge in [0.15, 0.2) is 5.43 Å². The van der Waals surface area contributed by atoms with E-state index < -0.39 is 0 Å². The predicted octanol–water partition coefficient (Wildman–Crippen LogP) is 3.03. The molecule has 2 aromatic rings. The van der Waals surface area contributed by atoms with Gasteiger partial charge < -0.3 is 14.8 Å². The van der Waals surface area contributed by atoms with Crippen molar-refractivity contribution in [2.75, 3.05) is 24.5 Å². The zero-order valence-corrected chi connectivity index (χ0v) is 16.8. The summed E-state index contributed by atoms with van der Waals surface area (Å²) in [5.41, 5.74) is 4.32. The molecule has 1 aliphatic heterocycles. The number of rotatable bonds is 6. The number of piperidine rings is 1. The van der Waals surface area contributed by atoms with Crippen LogP contribution in [0.2, 0.25) is 0 Å². The zero-order chi connectivity index (χ0) is 18.7. The SMILES string of the molecule is CCC1CCCC[NH+]1Cc1c(C)[nH]c2ccc(N(CC)CC)cc2c1=O. The van der Waals surface area contributed by atoms with Gasteiger partial charge in [-0.05, 0) is 64.7 Å². The topological polar surface area (TPSA) is 40.5 Å². The van der Waals surface area contributed by atoms with Gasteiger partial charge in [0, 0.05) is 35.4 Å². The van der Waals surface area contributed by atoms with Crippen molar-refractivity contribution < 1.29 is 4.90 Å². The van der Waals surface area contributed by atoms with Crippen molar-refractivity contribution in [3.05, 3.63) is 39.7 Å². The molecule has 1 aromatic heterocycles. The maximum atomic E-state index is 13.3. The van der Waals surface area contributed by atoms with Crippen molar-refractivity contribution in [2.24, 2.45) is 0 Å². The first-order valence-corrected chi connectivity index (χ1v) is 10.3. The highest BCUT2D eigenvalue weighted by Gasteiger charge is 2.26. The fraction of sp³-hybridized carbons (Fsp3) is 0.591. The number of aromatic amines is 1. The van der Waals surface area contributed by atoms with Crippen LogP contribution in [0.1, 0.15) is 57.7 Å². The number of aromatic nitrogens is 1. The van der Waals surface area contributed by atoms with Crippen molar-refractivity contribution in [3.63, 3.8) is 0 Å². The lowest BCUT2D eigenvalue weighted by atomic mass is 9.98. The van der Waals surface area contributed by atoms with Gasteiger partial charge in [-0.25, -0.2) is 0 Å². The minimum absolute atomic E-state index is 0.221. The van der Waals surface area contributed by atoms with Gasteiger partial charge in [0.25, 0.3) is 0 Å². The minimum Gasteiger partial charge on any atom is -0.372 e. The summed E-state index contributed by atoms with van der Waals surface area (Å²) >= 11 is 0. The Hall–Kier alpha value is -1.81. The maximum Gasteiger partial charge on any atom is 0.198 e. The molecule has 4 heteroatoms. The number of fused-ring (bicyclic) bond motifs is 1. The van der Waals surface area contributed by atoms with Gasteiger partial charge in [0.1, 0.15) is 6.54 Å². The number of nitrogens with zero attached hydrogens (tertiary/aromatic N) is 1. The Morgan fingerprint density at radius 1 is 1.19 bits per heavy atom. The normalized spacial score (nSPS) is 20.5. The Bertz CT molecular complexity index is 807. The number of aryl methyl sites for hydroxylation is 1. The molecule has 0 spiro atoms. The lowest BCUT2D eigenvalue weighted by molar-refractivity contribution is -0.944. The van der Waals surface area contributed by atoms with E-state index in [0.717, 1.165) is 47.5 Å². The first kappa shape index (κ1) is 19.0. The Kier molecular flexibility index (Phi) is 6.02. The maximum absolute atomic E-state index is 13.3. The molecule has 1 saturated heterocycles. The van der Waals surface area contributed by atoms with Crippen LogP contribution in [0.4, 0.5) is 5.69 Å². The third kappa shape index (κ3) is 3.66. The number of likely N-dealkylation sites (tertiary alicyclic amines) is 1. The zero-order valence-electron chi connectivity index (χ0n) is 16.8. The van der Waals surface area contributed by atoms with Crippen LogP contribution in [-0.4, -0.2) is 30.7 Å². The summed E-state index contributed by atoms with van der Waals surface area (Å²) in [6.07, 6.45) is 5.11. The summed E-state index contributed by atoms with van der Waals surface area (Å²) < 4.78 is 0. The smallest absolute Gasteiger partial charge is 0.198 e. The molecule has 26 heavy (non-hydrogen) atoms. The molecule has 0 amide bonds. The molecular weight excluding hydrogens is 322 g/mol. The van der Waals surface area contributed by atoms with Crippen molar-refractivity contribution >= 4 is 16.6 Å². The number of anilines is 1. The summed E-state index contributed by atoms with van der Waals surface area (Å²) in [4.78, 5) is 20.7. The molecule has 2 unspecified atom stereocenters. The Labute approximate surface area is 157 Å². The second-order valence-corrected chi connectivity index (χ2v) is 7.65. The monoisotopic (exact) mass is 356 g/mol. The highest BCUT2D eigenvalue weighted by molar-refractivity contribution is 5.83. The molecule has 2 heterocycles. The van der Waals surface area contributed by atoms with Gasteiger partial charge in [-0.2, -0.15) is 0 Å². The first-order chi connectivity index (χ1) is 12.6. The second kappa shape index (κ2) is 8.26. The molecule has 1 aromatic carbocycles. The second-order valence-electron chi connectivity index (χ2n) is 7.65. The Morgan fingerprint density at radius 3 is 2.65 bits per heavy atom. The summed E-state index contributed by atoms with van der Waals surface area (Å²) in [5, 5.41) is 0.833. The van der Waals surface area contributed by atoms with Crippen molar-refractivity contribution in [1.82, 2.24) is 4.98 Å². The molecule has 2 N–H and O–H groups in total. The van der Waals surface area contributed by atoms with E-state index >= 15 is 0 Å². The first-order valence-electron chi connectivity index (χ1n) is 10.3. The van der Waals surface area contributed by atoms with Gasteiger partial charge in [-0.15, -0.1) is 0 Å². The van der Waals surface area contributed by atoms with Crippen LogP contribution in [0.5, 0.6) is 0 Å². The number of H-pyrrole nitrogens is 1. The molecule has 1 aliphatic rings. The summed E-state index contributed by atoms with van der Waals surface area (Å²) in [7, 11) is 0. The van der Waals surface area contributed by atoms with Crippen LogP contribution in [0.3, 0.4) is 0 Å². The fourth-order valence-electron chi connectivity index (χ4n) is 4.54. The molecule has 2 atom stereocenters. The molecule has 0 bridgehead atoms. The van der Waals surface area contributed by atoms with Crippen molar-refractivity contribution in [1.29, 1.82) is 0 Å². The molecular formula is C22H34N3O+. The highest BCUT2D eigenvalue weighted by atomic mass is 16.1. The van der Waals surface area contributed by atoms with Crippen molar-refractivity contribution in [2.45, 2.75) is 66.0 Å². The van der Waals surface area contributed by atoms with E-state index in [9.17, 15) is 4.79 Å². The minimum atomic E-state index is 0.221. The van der Waals surface area contributed by atoms with Crippen LogP contribution in [-0.2, 0) is 6.54 Å². The van der Waals surface area contributed by atoms with E-state index in [4.69, 9.17) is 0 Å². The standard InChI is InChI=1S/C22H33N3O/c1-5-17-10-8-9-13-25(17)15-20-16(4)23-21-12-11-18(24(6-2)7-3)14-19(21)22(20)26/h11-12,14,17H,5-10,13,15H2,1-4H3,(H,23,26)/p+1. The van der Waals surface area contributed by atoms with E-state index in [-0.39, 0.29) is 5.43 Å². The average molecular weight is 357 g/mol. The third-order valence-corrected chi connectivity index (χ3v) is 6.20. The van der Waals surface area contributed by atoms with Crippen LogP contribution in [0.25, 0.3) is 10.9 Å². The van der Waals surface area contributed by atoms with Gasteiger partial charge >= 0.3 is 0 Å². The van der Waals surface area contributed by atoms with Crippen molar-refractivity contribution in [3.8, 4) is 0 Å². The molecule has 142 valence electrons. The van der Waals surface area contributed by atoms with Crippen LogP contribution in [0.15, 0.2) is 23.0 Å². The Morgan fingerprint density at radius 2 is 1.96 bits per heavy atom. The number of benzene rings is 1. The van der Waals surface area contributed by atoms with Gasteiger partial charge in [-0.3, -0.25) is 4.79 Å². The molecule has 0 aliphatic carbocycles. The third-order valence-electron chi connectivity index (χ3n) is 6.20. The van der Waals surface area contributed by atoms with Gasteiger partial charge in [0.2, 0.25) is 0 Å². The lowest BCUT2D eigenvalue weighted by Crippen LogP contribution is -3.15. The average Bonchev–Trinajstić information content (AvgIpc) is 2.66. The number of quaternary nitrogens is 1. The molecule has 4 nitrogen and oxygen atoms in total.